The summed E-state index contributed by atoms with van der Waals surface area (Å²) in [5.41, 5.74) is 1.43. The van der Waals surface area contributed by atoms with Gasteiger partial charge in [-0.3, -0.25) is 4.98 Å². The van der Waals surface area contributed by atoms with E-state index in [1.807, 2.05) is 6.07 Å². The van der Waals surface area contributed by atoms with Gasteiger partial charge >= 0.3 is 0 Å². The predicted octanol–water partition coefficient (Wildman–Crippen LogP) is 2.20. The second-order valence-electron chi connectivity index (χ2n) is 3.39. The number of nitrogens with zero attached hydrogens (tertiary/aromatic N) is 2. The Morgan fingerprint density at radius 2 is 2.12 bits per heavy atom. The number of pyridine rings is 2. The van der Waals surface area contributed by atoms with Gasteiger partial charge in [-0.1, -0.05) is 17.7 Å². The van der Waals surface area contributed by atoms with E-state index in [4.69, 9.17) is 21.4 Å². The number of hydrogen-bond donors (Lipinski definition) is 1. The minimum atomic E-state index is -0.0747. The Bertz CT molecular complexity index is 488. The average molecular weight is 251 g/mol. The van der Waals surface area contributed by atoms with Crippen LogP contribution in [-0.2, 0) is 13.2 Å². The van der Waals surface area contributed by atoms with Crippen molar-refractivity contribution in [2.75, 3.05) is 0 Å². The fourth-order valence-corrected chi connectivity index (χ4v) is 1.45. The van der Waals surface area contributed by atoms with Gasteiger partial charge in [0.05, 0.1) is 18.5 Å². The largest absolute Gasteiger partial charge is 0.487 e. The molecule has 4 nitrogen and oxygen atoms in total. The molecular formula is C12H11ClN2O2. The van der Waals surface area contributed by atoms with E-state index < -0.39 is 0 Å². The molecule has 0 saturated heterocycles. The highest BCUT2D eigenvalue weighted by Crippen LogP contribution is 2.16. The van der Waals surface area contributed by atoms with Crippen molar-refractivity contribution in [3.8, 4) is 5.75 Å². The lowest BCUT2D eigenvalue weighted by atomic mass is 10.3. The molecule has 0 amide bonds. The maximum absolute atomic E-state index is 8.84. The number of aliphatic hydroxyl groups excluding tert-OH is 1. The zero-order valence-corrected chi connectivity index (χ0v) is 9.76. The van der Waals surface area contributed by atoms with Gasteiger partial charge in [-0.2, -0.15) is 0 Å². The summed E-state index contributed by atoms with van der Waals surface area (Å²) >= 11 is 5.90. The van der Waals surface area contributed by atoms with Crippen LogP contribution in [0.2, 0.25) is 5.15 Å². The fraction of sp³-hybridized carbons (Fsp3) is 0.167. The van der Waals surface area contributed by atoms with Crippen LogP contribution in [0.15, 0.2) is 36.7 Å². The van der Waals surface area contributed by atoms with Gasteiger partial charge in [0.15, 0.2) is 0 Å². The average Bonchev–Trinajstić information content (AvgIpc) is 2.38. The van der Waals surface area contributed by atoms with Crippen molar-refractivity contribution in [1.29, 1.82) is 0 Å². The summed E-state index contributed by atoms with van der Waals surface area (Å²) in [5, 5.41) is 9.28. The third-order valence-corrected chi connectivity index (χ3v) is 2.53. The molecule has 0 fully saturated rings. The van der Waals surface area contributed by atoms with E-state index in [1.165, 1.54) is 0 Å². The molecule has 2 heterocycles. The maximum Gasteiger partial charge on any atom is 0.138 e. The lowest BCUT2D eigenvalue weighted by Gasteiger charge is -2.06. The molecule has 0 aliphatic carbocycles. The van der Waals surface area contributed by atoms with Gasteiger partial charge < -0.3 is 9.84 Å². The normalized spacial score (nSPS) is 10.2. The summed E-state index contributed by atoms with van der Waals surface area (Å²) in [6.45, 7) is 0.265. The van der Waals surface area contributed by atoms with Crippen LogP contribution in [-0.4, -0.2) is 15.1 Å². The molecule has 0 atom stereocenters. The Kier molecular flexibility index (Phi) is 3.90. The minimum Gasteiger partial charge on any atom is -0.487 e. The van der Waals surface area contributed by atoms with E-state index in [-0.39, 0.29) is 6.61 Å². The quantitative estimate of drug-likeness (QED) is 0.846. The molecule has 17 heavy (non-hydrogen) atoms. The monoisotopic (exact) mass is 250 g/mol. The van der Waals surface area contributed by atoms with Crippen LogP contribution in [0, 0.1) is 0 Å². The van der Waals surface area contributed by atoms with Crippen molar-refractivity contribution in [3.05, 3.63) is 53.1 Å². The van der Waals surface area contributed by atoms with Crippen molar-refractivity contribution in [1.82, 2.24) is 9.97 Å². The summed E-state index contributed by atoms with van der Waals surface area (Å²) in [4.78, 5) is 7.96. The Labute approximate surface area is 104 Å². The van der Waals surface area contributed by atoms with E-state index in [1.54, 1.807) is 30.6 Å². The number of aromatic nitrogens is 2. The maximum atomic E-state index is 8.84. The van der Waals surface area contributed by atoms with Gasteiger partial charge in [-0.05, 0) is 18.2 Å². The molecule has 0 spiro atoms. The second-order valence-corrected chi connectivity index (χ2v) is 3.74. The first-order valence-corrected chi connectivity index (χ1v) is 5.45. The molecule has 2 aromatic heterocycles. The van der Waals surface area contributed by atoms with Gasteiger partial charge in [-0.15, -0.1) is 0 Å². The third-order valence-electron chi connectivity index (χ3n) is 2.19. The Hall–Kier alpha value is -1.65. The first-order chi connectivity index (χ1) is 8.29. The van der Waals surface area contributed by atoms with Gasteiger partial charge in [0.2, 0.25) is 0 Å². The second kappa shape index (κ2) is 5.61. The summed E-state index contributed by atoms with van der Waals surface area (Å²) in [6.07, 6.45) is 3.19. The zero-order valence-electron chi connectivity index (χ0n) is 9.01. The molecule has 1 N–H and O–H groups in total. The Morgan fingerprint density at radius 1 is 1.24 bits per heavy atom. The Balaban J connectivity index is 2.00. The number of hydrogen-bond acceptors (Lipinski definition) is 4. The van der Waals surface area contributed by atoms with E-state index in [0.29, 0.717) is 23.2 Å². The molecule has 2 rings (SSSR count). The van der Waals surface area contributed by atoms with Crippen molar-refractivity contribution < 1.29 is 9.84 Å². The Morgan fingerprint density at radius 3 is 2.76 bits per heavy atom. The molecule has 0 aliphatic heterocycles. The van der Waals surface area contributed by atoms with Crippen LogP contribution < -0.4 is 4.74 Å². The number of halogens is 1. The van der Waals surface area contributed by atoms with Crippen molar-refractivity contribution >= 4 is 11.6 Å². The highest BCUT2D eigenvalue weighted by molar-refractivity contribution is 6.30. The SMILES string of the molecule is OCc1ccc(OCc2cccnc2Cl)cn1. The smallest absolute Gasteiger partial charge is 0.138 e. The summed E-state index contributed by atoms with van der Waals surface area (Å²) in [6, 6.07) is 7.12. The molecule has 2 aromatic rings. The van der Waals surface area contributed by atoms with Crippen molar-refractivity contribution in [3.63, 3.8) is 0 Å². The van der Waals surface area contributed by atoms with Crippen molar-refractivity contribution in [2.45, 2.75) is 13.2 Å². The highest BCUT2D eigenvalue weighted by Gasteiger charge is 2.01. The van der Waals surface area contributed by atoms with Crippen LogP contribution in [0.25, 0.3) is 0 Å². The standard InChI is InChI=1S/C12H11ClN2O2/c13-12-9(2-1-5-14-12)8-17-11-4-3-10(7-16)15-6-11/h1-6,16H,7-8H2. The lowest BCUT2D eigenvalue weighted by molar-refractivity contribution is 0.275. The first kappa shape index (κ1) is 11.8. The van der Waals surface area contributed by atoms with Crippen LogP contribution >= 0.6 is 11.6 Å². The highest BCUT2D eigenvalue weighted by atomic mass is 35.5. The number of ether oxygens (including phenoxy) is 1. The minimum absolute atomic E-state index is 0.0747. The molecular weight excluding hydrogens is 240 g/mol. The lowest BCUT2D eigenvalue weighted by Crippen LogP contribution is -1.98. The predicted molar refractivity (Wildman–Crippen MR) is 63.7 cm³/mol. The van der Waals surface area contributed by atoms with E-state index in [9.17, 15) is 0 Å². The molecule has 0 aromatic carbocycles. The molecule has 0 bridgehead atoms. The van der Waals surface area contributed by atoms with Crippen LogP contribution in [0.5, 0.6) is 5.75 Å². The first-order valence-electron chi connectivity index (χ1n) is 5.07. The van der Waals surface area contributed by atoms with Gasteiger partial charge in [0.25, 0.3) is 0 Å². The summed E-state index contributed by atoms with van der Waals surface area (Å²) in [7, 11) is 0. The van der Waals surface area contributed by atoms with Gasteiger partial charge in [0, 0.05) is 11.8 Å². The molecule has 0 saturated carbocycles. The molecule has 88 valence electrons. The van der Waals surface area contributed by atoms with E-state index >= 15 is 0 Å². The van der Waals surface area contributed by atoms with Crippen LogP contribution in [0.3, 0.4) is 0 Å². The molecule has 0 aliphatic rings. The van der Waals surface area contributed by atoms with E-state index in [0.717, 1.165) is 5.56 Å². The summed E-state index contributed by atoms with van der Waals surface area (Å²) in [5.74, 6) is 0.627. The fourth-order valence-electron chi connectivity index (χ4n) is 1.28. The zero-order chi connectivity index (χ0) is 12.1. The summed E-state index contributed by atoms with van der Waals surface area (Å²) < 4.78 is 5.50. The third kappa shape index (κ3) is 3.15. The molecule has 0 unspecified atom stereocenters. The molecule has 5 heteroatoms. The topological polar surface area (TPSA) is 55.2 Å². The van der Waals surface area contributed by atoms with Crippen molar-refractivity contribution in [2.24, 2.45) is 0 Å². The van der Waals surface area contributed by atoms with Crippen LogP contribution in [0.4, 0.5) is 0 Å². The van der Waals surface area contributed by atoms with Gasteiger partial charge in [0.1, 0.15) is 17.5 Å². The van der Waals surface area contributed by atoms with Gasteiger partial charge in [-0.25, -0.2) is 4.98 Å². The molecule has 0 radical (unpaired) electrons. The number of aliphatic hydroxyl groups is 1. The number of rotatable bonds is 4. The van der Waals surface area contributed by atoms with Crippen LogP contribution in [0.1, 0.15) is 11.3 Å². The van der Waals surface area contributed by atoms with E-state index in [2.05, 4.69) is 9.97 Å².